The Labute approximate surface area is 100 Å². The van der Waals surface area contributed by atoms with Crippen LogP contribution in [0.25, 0.3) is 0 Å². The third kappa shape index (κ3) is 2.92. The second kappa shape index (κ2) is 6.06. The molecule has 0 aromatic rings. The van der Waals surface area contributed by atoms with Crippen molar-refractivity contribution < 1.29 is 23.2 Å². The van der Waals surface area contributed by atoms with Crippen LogP contribution in [0.4, 0.5) is 0 Å². The molecule has 0 nitrogen and oxygen atoms in total. The van der Waals surface area contributed by atoms with E-state index in [1.165, 1.54) is 37.2 Å². The van der Waals surface area contributed by atoms with Crippen molar-refractivity contribution in [2.75, 3.05) is 0 Å². The summed E-state index contributed by atoms with van der Waals surface area (Å²) in [5, 5.41) is 0. The Morgan fingerprint density at radius 3 is 2.00 bits per heavy atom. The zero-order chi connectivity index (χ0) is 10.6. The van der Waals surface area contributed by atoms with Crippen LogP contribution in [-0.2, 0) is 23.2 Å². The van der Waals surface area contributed by atoms with E-state index >= 15 is 0 Å². The molecule has 2 rings (SSSR count). The quantitative estimate of drug-likeness (QED) is 0.603. The maximum atomic E-state index is 2.34. The molecule has 77 valence electrons. The van der Waals surface area contributed by atoms with Crippen LogP contribution in [0.5, 0.6) is 0 Å². The predicted molar refractivity (Wildman–Crippen MR) is 59.9 cm³/mol. The van der Waals surface area contributed by atoms with E-state index in [4.69, 9.17) is 0 Å². The molecule has 0 fully saturated rings. The van der Waals surface area contributed by atoms with Crippen molar-refractivity contribution >= 4 is 0 Å². The number of rotatable bonds is 0. The van der Waals surface area contributed by atoms with E-state index in [9.17, 15) is 0 Å². The third-order valence-electron chi connectivity index (χ3n) is 2.85. The van der Waals surface area contributed by atoms with Crippen LogP contribution in [0.1, 0.15) is 39.5 Å². The van der Waals surface area contributed by atoms with Gasteiger partial charge in [0, 0.05) is 5.92 Å². The first-order valence-electron chi connectivity index (χ1n) is 5.53. The van der Waals surface area contributed by atoms with Gasteiger partial charge in [-0.1, -0.05) is 24.1 Å². The third-order valence-corrected chi connectivity index (χ3v) is 2.85. The van der Waals surface area contributed by atoms with E-state index in [0.29, 0.717) is 0 Å². The van der Waals surface area contributed by atoms with Gasteiger partial charge in [0.15, 0.2) is 0 Å². The van der Waals surface area contributed by atoms with E-state index in [2.05, 4.69) is 29.2 Å². The molecule has 0 atom stereocenters. The molecular formula is C13H21Zr. The minimum absolute atomic E-state index is 0.230. The van der Waals surface area contributed by atoms with Crippen LogP contribution in [0.2, 0.25) is 9.26 Å². The Balaban J connectivity index is 0.000000293. The van der Waals surface area contributed by atoms with Crippen molar-refractivity contribution in [3.63, 3.8) is 0 Å². The van der Waals surface area contributed by atoms with E-state index < -0.39 is 0 Å². The van der Waals surface area contributed by atoms with Gasteiger partial charge in [0.2, 0.25) is 0 Å². The van der Waals surface area contributed by atoms with Gasteiger partial charge in [-0.2, -0.15) is 0 Å². The van der Waals surface area contributed by atoms with Crippen LogP contribution in [0.3, 0.4) is 0 Å². The van der Waals surface area contributed by atoms with Gasteiger partial charge in [-0.15, -0.1) is 0 Å². The normalized spacial score (nSPS) is 21.0. The Hall–Kier alpha value is 0.363. The van der Waals surface area contributed by atoms with E-state index in [0.717, 1.165) is 0 Å². The van der Waals surface area contributed by atoms with E-state index in [1.54, 1.807) is 11.1 Å². The molecule has 0 heterocycles. The zero-order valence-corrected chi connectivity index (χ0v) is 12.4. The molecule has 0 aromatic heterocycles. The Bertz CT molecular complexity index is 248. The molecule has 0 saturated heterocycles. The first-order chi connectivity index (χ1) is 6.70. The van der Waals surface area contributed by atoms with Gasteiger partial charge >= 0.3 is 32.5 Å². The van der Waals surface area contributed by atoms with Crippen molar-refractivity contribution in [2.24, 2.45) is 0 Å². The summed E-state index contributed by atoms with van der Waals surface area (Å²) in [7, 11) is 0. The molecule has 2 aliphatic rings. The summed E-state index contributed by atoms with van der Waals surface area (Å²) < 4.78 is 4.59. The van der Waals surface area contributed by atoms with Crippen molar-refractivity contribution in [2.45, 2.75) is 48.8 Å². The molecule has 0 saturated carbocycles. The van der Waals surface area contributed by atoms with Crippen molar-refractivity contribution in [3.05, 3.63) is 28.7 Å². The van der Waals surface area contributed by atoms with E-state index in [1.807, 2.05) is 0 Å². The van der Waals surface area contributed by atoms with Crippen LogP contribution in [0, 0.1) is 5.92 Å². The molecule has 0 aliphatic heterocycles. The summed E-state index contributed by atoms with van der Waals surface area (Å²) in [5.41, 5.74) is 4.85. The summed E-state index contributed by atoms with van der Waals surface area (Å²) >= 11 is 0.230. The van der Waals surface area contributed by atoms with Gasteiger partial charge < -0.3 is 0 Å². The zero-order valence-electron chi connectivity index (χ0n) is 9.91. The Kier molecular flexibility index (Phi) is 5.38. The van der Waals surface area contributed by atoms with E-state index in [-0.39, 0.29) is 23.2 Å². The summed E-state index contributed by atoms with van der Waals surface area (Å²) in [6.07, 6.45) is 7.80. The Morgan fingerprint density at radius 1 is 1.00 bits per heavy atom. The molecule has 1 radical (unpaired) electrons. The molecule has 0 bridgehead atoms. The average Bonchev–Trinajstić information content (AvgIpc) is 2.45. The maximum absolute atomic E-state index is 2.34. The molecular weight excluding hydrogens is 247 g/mol. The van der Waals surface area contributed by atoms with Crippen molar-refractivity contribution in [1.82, 2.24) is 0 Å². The monoisotopic (exact) mass is 267 g/mol. The number of hydrogen-bond donors (Lipinski definition) is 0. The summed E-state index contributed by atoms with van der Waals surface area (Å²) in [5.74, 6) is 1.53. The van der Waals surface area contributed by atoms with Crippen LogP contribution in [0.15, 0.2) is 22.8 Å². The second-order valence-corrected chi connectivity index (χ2v) is 6.63. The molecule has 0 unspecified atom stereocenters. The molecule has 0 aromatic carbocycles. The van der Waals surface area contributed by atoms with Gasteiger partial charge in [0.1, 0.15) is 0 Å². The molecule has 0 spiro atoms. The second-order valence-electron chi connectivity index (χ2n) is 4.17. The van der Waals surface area contributed by atoms with Gasteiger partial charge in [0.25, 0.3) is 0 Å². The van der Waals surface area contributed by atoms with Crippen LogP contribution in [-0.4, -0.2) is 0 Å². The van der Waals surface area contributed by atoms with Gasteiger partial charge in [-0.3, -0.25) is 0 Å². The van der Waals surface area contributed by atoms with Crippen molar-refractivity contribution in [1.29, 1.82) is 0 Å². The minimum atomic E-state index is 0.230. The van der Waals surface area contributed by atoms with Gasteiger partial charge in [0.05, 0.1) is 0 Å². The molecule has 0 N–H and O–H groups in total. The number of hydrogen-bond acceptors (Lipinski definition) is 0. The first kappa shape index (κ1) is 12.4. The molecule has 14 heavy (non-hydrogen) atoms. The van der Waals surface area contributed by atoms with Gasteiger partial charge in [-0.25, -0.2) is 0 Å². The van der Waals surface area contributed by atoms with Crippen molar-refractivity contribution in [3.8, 4) is 0 Å². The fourth-order valence-electron chi connectivity index (χ4n) is 2.27. The predicted octanol–water partition coefficient (Wildman–Crippen LogP) is 4.58. The molecule has 0 amide bonds. The van der Waals surface area contributed by atoms with Crippen LogP contribution < -0.4 is 0 Å². The first-order valence-corrected chi connectivity index (χ1v) is 10.5. The molecule has 2 aliphatic carbocycles. The topological polar surface area (TPSA) is 0 Å². The number of allylic oxidation sites excluding steroid dienone is 4. The molecule has 1 heteroatoms. The standard InChI is InChI=1S/C11H15.2CH3.Zr/c1-8-7-9(2)11-6-4-3-5-10(8)11;;;/h7H,3-6H2,1-2H3;2*1H3;. The SMILES string of the molecule is C[C]1C=C(C)C2=C1CCCC2.[CH3][Zr][CH3]. The fraction of sp³-hybridized carbons (Fsp3) is 0.615. The summed E-state index contributed by atoms with van der Waals surface area (Å²) in [6, 6.07) is 0. The summed E-state index contributed by atoms with van der Waals surface area (Å²) in [4.78, 5) is 0. The van der Waals surface area contributed by atoms with Gasteiger partial charge in [-0.05, 0) is 38.2 Å². The Morgan fingerprint density at radius 2 is 1.50 bits per heavy atom. The fourth-order valence-corrected chi connectivity index (χ4v) is 2.27. The average molecular weight is 269 g/mol. The van der Waals surface area contributed by atoms with Crippen LogP contribution >= 0.6 is 0 Å². The summed E-state index contributed by atoms with van der Waals surface area (Å²) in [6.45, 7) is 4.49.